The van der Waals surface area contributed by atoms with Gasteiger partial charge in [-0.2, -0.15) is 0 Å². The van der Waals surface area contributed by atoms with Gasteiger partial charge >= 0.3 is 6.03 Å². The normalized spacial score (nSPS) is 12.6. The van der Waals surface area contributed by atoms with E-state index >= 15 is 0 Å². The maximum atomic E-state index is 10.5. The van der Waals surface area contributed by atoms with Crippen molar-refractivity contribution < 1.29 is 15.0 Å². The van der Waals surface area contributed by atoms with E-state index in [2.05, 4.69) is 0 Å². The zero-order valence-corrected chi connectivity index (χ0v) is 6.40. The summed E-state index contributed by atoms with van der Waals surface area (Å²) in [7, 11) is 0. The van der Waals surface area contributed by atoms with Crippen molar-refractivity contribution >= 4 is 6.03 Å². The fourth-order valence-corrected chi connectivity index (χ4v) is 0.643. The summed E-state index contributed by atoms with van der Waals surface area (Å²) in [5, 5.41) is 17.4. The number of nitrogens with two attached hydrogens (primary N) is 1. The molecule has 0 bridgehead atoms. The van der Waals surface area contributed by atoms with Gasteiger partial charge in [0.1, 0.15) is 0 Å². The summed E-state index contributed by atoms with van der Waals surface area (Å²) in [6.45, 7) is 2.70. The van der Waals surface area contributed by atoms with Crippen LogP contribution in [-0.4, -0.2) is 34.0 Å². The lowest BCUT2D eigenvalue weighted by molar-refractivity contribution is 0.00404. The molecule has 65 valence electrons. The summed E-state index contributed by atoms with van der Waals surface area (Å²) < 4.78 is 0. The van der Waals surface area contributed by atoms with Gasteiger partial charge in [-0.3, -0.25) is 4.90 Å². The first kappa shape index (κ1) is 10.2. The van der Waals surface area contributed by atoms with E-state index in [1.54, 1.807) is 6.92 Å². The van der Waals surface area contributed by atoms with Gasteiger partial charge in [0.25, 0.3) is 0 Å². The van der Waals surface area contributed by atoms with Crippen LogP contribution < -0.4 is 5.73 Å². The van der Waals surface area contributed by atoms with Gasteiger partial charge in [-0.15, -0.1) is 0 Å². The highest BCUT2D eigenvalue weighted by molar-refractivity contribution is 5.72. The molecule has 0 heterocycles. The molecule has 0 aliphatic rings. The van der Waals surface area contributed by atoms with Gasteiger partial charge in [0.15, 0.2) is 6.23 Å². The molecule has 1 atom stereocenters. The Morgan fingerprint density at radius 3 is 2.64 bits per heavy atom. The summed E-state index contributed by atoms with van der Waals surface area (Å²) in [4.78, 5) is 11.4. The van der Waals surface area contributed by atoms with Crippen molar-refractivity contribution in [2.45, 2.75) is 19.6 Å². The van der Waals surface area contributed by atoms with E-state index in [-0.39, 0.29) is 0 Å². The molecular formula is C6H13N2O3. The second-order valence-electron chi connectivity index (χ2n) is 2.00. The molecular weight excluding hydrogens is 148 g/mol. The molecule has 0 aromatic rings. The second kappa shape index (κ2) is 4.92. The van der Waals surface area contributed by atoms with Gasteiger partial charge < -0.3 is 15.9 Å². The predicted molar refractivity (Wildman–Crippen MR) is 39.1 cm³/mol. The summed E-state index contributed by atoms with van der Waals surface area (Å²) >= 11 is 0. The fourth-order valence-electron chi connectivity index (χ4n) is 0.643. The molecule has 0 aliphatic carbocycles. The highest BCUT2D eigenvalue weighted by Gasteiger charge is 2.16. The van der Waals surface area contributed by atoms with E-state index in [4.69, 9.17) is 15.9 Å². The van der Waals surface area contributed by atoms with Crippen LogP contribution in [0.15, 0.2) is 0 Å². The molecule has 5 nitrogen and oxygen atoms in total. The number of carbonyl (C=O) groups is 1. The van der Waals surface area contributed by atoms with E-state index in [1.807, 2.05) is 0 Å². The van der Waals surface area contributed by atoms with Crippen LogP contribution in [0.4, 0.5) is 4.79 Å². The van der Waals surface area contributed by atoms with Crippen molar-refractivity contribution in [1.29, 1.82) is 0 Å². The second-order valence-corrected chi connectivity index (χ2v) is 2.00. The highest BCUT2D eigenvalue weighted by Crippen LogP contribution is 2.00. The zero-order chi connectivity index (χ0) is 8.85. The standard InChI is InChI=1S/C6H13N2O3/c1-2-3-8(6(7)11)5(10)4-9/h3,5,9-10H,2,4H2,1H3,(H2,7,11). The third kappa shape index (κ3) is 3.20. The Labute approximate surface area is 65.4 Å². The van der Waals surface area contributed by atoms with E-state index in [0.717, 1.165) is 4.90 Å². The van der Waals surface area contributed by atoms with Crippen LogP contribution in [0.2, 0.25) is 0 Å². The molecule has 0 fully saturated rings. The molecule has 4 N–H and O–H groups in total. The van der Waals surface area contributed by atoms with Crippen LogP contribution in [0, 0.1) is 6.54 Å². The molecule has 1 unspecified atom stereocenters. The summed E-state index contributed by atoms with van der Waals surface area (Å²) in [5.74, 6) is 0. The van der Waals surface area contributed by atoms with E-state index in [0.29, 0.717) is 6.42 Å². The first-order chi connectivity index (χ1) is 5.13. The van der Waals surface area contributed by atoms with Gasteiger partial charge in [0.05, 0.1) is 13.2 Å². The molecule has 0 aromatic carbocycles. The van der Waals surface area contributed by atoms with Gasteiger partial charge in [-0.25, -0.2) is 4.79 Å². The van der Waals surface area contributed by atoms with Crippen molar-refractivity contribution in [1.82, 2.24) is 4.90 Å². The predicted octanol–water partition coefficient (Wildman–Crippen LogP) is -0.750. The minimum Gasteiger partial charge on any atom is -0.392 e. The average molecular weight is 161 g/mol. The van der Waals surface area contributed by atoms with Crippen molar-refractivity contribution in [2.75, 3.05) is 6.61 Å². The molecule has 2 amide bonds. The van der Waals surface area contributed by atoms with Gasteiger partial charge in [-0.05, 0) is 6.42 Å². The molecule has 0 rings (SSSR count). The molecule has 5 heteroatoms. The summed E-state index contributed by atoms with van der Waals surface area (Å²) in [5.41, 5.74) is 4.88. The number of hydrogen-bond donors (Lipinski definition) is 3. The number of rotatable bonds is 4. The zero-order valence-electron chi connectivity index (χ0n) is 6.40. The topological polar surface area (TPSA) is 86.8 Å². The minimum atomic E-state index is -1.23. The first-order valence-electron chi connectivity index (χ1n) is 3.33. The molecule has 0 saturated carbocycles. The molecule has 0 spiro atoms. The fraction of sp³-hybridized carbons (Fsp3) is 0.667. The molecule has 11 heavy (non-hydrogen) atoms. The first-order valence-corrected chi connectivity index (χ1v) is 3.33. The van der Waals surface area contributed by atoms with Crippen LogP contribution in [0.1, 0.15) is 13.3 Å². The Bertz CT molecular complexity index is 129. The van der Waals surface area contributed by atoms with Crippen molar-refractivity contribution in [3.05, 3.63) is 6.54 Å². The number of carbonyl (C=O) groups excluding carboxylic acids is 1. The van der Waals surface area contributed by atoms with Gasteiger partial charge in [0.2, 0.25) is 0 Å². The third-order valence-electron chi connectivity index (χ3n) is 1.12. The number of nitrogens with zero attached hydrogens (tertiary/aromatic N) is 1. The van der Waals surface area contributed by atoms with E-state index < -0.39 is 18.9 Å². The lowest BCUT2D eigenvalue weighted by Crippen LogP contribution is -2.43. The molecule has 0 saturated heterocycles. The molecule has 1 radical (unpaired) electrons. The number of amides is 2. The Kier molecular flexibility index (Phi) is 4.56. The van der Waals surface area contributed by atoms with Gasteiger partial charge in [0, 0.05) is 0 Å². The molecule has 0 aliphatic heterocycles. The number of hydrogen-bond acceptors (Lipinski definition) is 3. The minimum absolute atomic E-state index is 0.514. The van der Waals surface area contributed by atoms with Crippen LogP contribution >= 0.6 is 0 Å². The third-order valence-corrected chi connectivity index (χ3v) is 1.12. The average Bonchev–Trinajstić information content (AvgIpc) is 1.98. The Morgan fingerprint density at radius 2 is 2.36 bits per heavy atom. The van der Waals surface area contributed by atoms with Gasteiger partial charge in [-0.1, -0.05) is 6.92 Å². The van der Waals surface area contributed by atoms with Crippen LogP contribution in [0.3, 0.4) is 0 Å². The quantitative estimate of drug-likeness (QED) is 0.474. The largest absolute Gasteiger partial charge is 0.392 e. The number of aliphatic hydroxyl groups excluding tert-OH is 2. The van der Waals surface area contributed by atoms with E-state index in [9.17, 15) is 4.79 Å². The summed E-state index contributed by atoms with van der Waals surface area (Å²) in [6, 6.07) is -0.770. The number of aliphatic hydroxyl groups is 2. The Balaban J connectivity index is 3.97. The van der Waals surface area contributed by atoms with E-state index in [1.165, 1.54) is 6.54 Å². The van der Waals surface area contributed by atoms with Crippen LogP contribution in [0.25, 0.3) is 0 Å². The maximum absolute atomic E-state index is 10.5. The lowest BCUT2D eigenvalue weighted by Gasteiger charge is -2.23. The Hall–Kier alpha value is -0.810. The van der Waals surface area contributed by atoms with Crippen molar-refractivity contribution in [2.24, 2.45) is 5.73 Å². The highest BCUT2D eigenvalue weighted by atomic mass is 16.3. The lowest BCUT2D eigenvalue weighted by atomic mass is 10.4. The molecule has 0 aromatic heterocycles. The van der Waals surface area contributed by atoms with Crippen LogP contribution in [-0.2, 0) is 0 Å². The van der Waals surface area contributed by atoms with Crippen LogP contribution in [0.5, 0.6) is 0 Å². The Morgan fingerprint density at radius 1 is 1.82 bits per heavy atom. The van der Waals surface area contributed by atoms with Crippen molar-refractivity contribution in [3.8, 4) is 0 Å². The monoisotopic (exact) mass is 161 g/mol. The van der Waals surface area contributed by atoms with Crippen molar-refractivity contribution in [3.63, 3.8) is 0 Å². The number of primary amides is 1. The number of urea groups is 1. The maximum Gasteiger partial charge on any atom is 0.317 e. The summed E-state index contributed by atoms with van der Waals surface area (Å²) in [6.07, 6.45) is -0.660. The SMILES string of the molecule is CC[CH]N(C(N)=O)C(O)CO. The smallest absolute Gasteiger partial charge is 0.317 e.